The molecule has 2 aromatic rings. The Hall–Kier alpha value is -1.37. The number of amides is 1. The van der Waals surface area contributed by atoms with Crippen molar-refractivity contribution >= 4 is 34.8 Å². The summed E-state index contributed by atoms with van der Waals surface area (Å²) in [6.07, 6.45) is 2.70. The minimum Gasteiger partial charge on any atom is -0.463 e. The number of hydrogen-bond donors (Lipinski definition) is 2. The summed E-state index contributed by atoms with van der Waals surface area (Å²) in [6, 6.07) is 3.63. The average Bonchev–Trinajstić information content (AvgIpc) is 2.95. The topological polar surface area (TPSA) is 81.2 Å². The summed E-state index contributed by atoms with van der Waals surface area (Å²) in [6.45, 7) is 0.517. The zero-order valence-electron chi connectivity index (χ0n) is 9.59. The first-order valence-corrected chi connectivity index (χ1v) is 6.17. The molecule has 7 heteroatoms. The molecule has 0 saturated carbocycles. The molecule has 0 aromatic carbocycles. The van der Waals surface area contributed by atoms with Crippen molar-refractivity contribution in [1.82, 2.24) is 4.98 Å². The molecule has 0 unspecified atom stereocenters. The maximum Gasteiger partial charge on any atom is 0.226 e. The fourth-order valence-electron chi connectivity index (χ4n) is 1.31. The van der Waals surface area contributed by atoms with E-state index >= 15 is 0 Å². The minimum atomic E-state index is -0.0594. The first-order chi connectivity index (χ1) is 8.29. The van der Waals surface area contributed by atoms with E-state index in [2.05, 4.69) is 10.3 Å². The van der Waals surface area contributed by atoms with Crippen molar-refractivity contribution in [1.29, 1.82) is 0 Å². The SMILES string of the molecule is Cl.NCCCC(=O)Nc1nc(-c2ccco2)cs1. The van der Waals surface area contributed by atoms with Gasteiger partial charge in [0.25, 0.3) is 0 Å². The lowest BCUT2D eigenvalue weighted by Gasteiger charge is -1.99. The standard InChI is InChI=1S/C11H13N3O2S.ClH/c12-5-1-4-10(15)14-11-13-8(7-17-11)9-3-2-6-16-9;/h2-3,6-7H,1,4-5,12H2,(H,13,14,15);1H. The molecule has 0 atom stereocenters. The molecule has 0 aliphatic heterocycles. The third-order valence-electron chi connectivity index (χ3n) is 2.13. The van der Waals surface area contributed by atoms with Crippen LogP contribution in [-0.2, 0) is 4.79 Å². The van der Waals surface area contributed by atoms with Gasteiger partial charge < -0.3 is 15.5 Å². The Morgan fingerprint density at radius 2 is 2.39 bits per heavy atom. The summed E-state index contributed by atoms with van der Waals surface area (Å²) in [4.78, 5) is 15.7. The van der Waals surface area contributed by atoms with Crippen LogP contribution in [0.5, 0.6) is 0 Å². The van der Waals surface area contributed by atoms with Crippen molar-refractivity contribution in [2.45, 2.75) is 12.8 Å². The molecule has 0 aliphatic carbocycles. The van der Waals surface area contributed by atoms with Crippen LogP contribution in [0, 0.1) is 0 Å². The van der Waals surface area contributed by atoms with E-state index in [0.717, 1.165) is 5.69 Å². The van der Waals surface area contributed by atoms with Crippen LogP contribution in [0.1, 0.15) is 12.8 Å². The average molecular weight is 288 g/mol. The summed E-state index contributed by atoms with van der Waals surface area (Å²) in [5.41, 5.74) is 6.06. The number of carbonyl (C=O) groups excluding carboxylic acids is 1. The van der Waals surface area contributed by atoms with Crippen LogP contribution in [0.3, 0.4) is 0 Å². The molecule has 98 valence electrons. The van der Waals surface area contributed by atoms with Gasteiger partial charge in [-0.2, -0.15) is 0 Å². The van der Waals surface area contributed by atoms with Gasteiger partial charge in [0, 0.05) is 11.8 Å². The third-order valence-corrected chi connectivity index (χ3v) is 2.89. The van der Waals surface area contributed by atoms with Gasteiger partial charge in [-0.15, -0.1) is 23.7 Å². The van der Waals surface area contributed by atoms with Crippen molar-refractivity contribution in [2.24, 2.45) is 5.73 Å². The maximum absolute atomic E-state index is 11.4. The van der Waals surface area contributed by atoms with Gasteiger partial charge in [-0.05, 0) is 25.1 Å². The van der Waals surface area contributed by atoms with Gasteiger partial charge in [-0.25, -0.2) is 4.98 Å². The van der Waals surface area contributed by atoms with E-state index < -0.39 is 0 Å². The Morgan fingerprint density at radius 3 is 3.06 bits per heavy atom. The monoisotopic (exact) mass is 287 g/mol. The summed E-state index contributed by atoms with van der Waals surface area (Å²) < 4.78 is 5.22. The van der Waals surface area contributed by atoms with Gasteiger partial charge >= 0.3 is 0 Å². The molecule has 2 heterocycles. The lowest BCUT2D eigenvalue weighted by Crippen LogP contribution is -2.13. The number of nitrogens with one attached hydrogen (secondary N) is 1. The number of nitrogens with zero attached hydrogens (tertiary/aromatic N) is 1. The molecule has 18 heavy (non-hydrogen) atoms. The van der Waals surface area contributed by atoms with Crippen LogP contribution in [0.25, 0.3) is 11.5 Å². The van der Waals surface area contributed by atoms with Crippen LogP contribution in [-0.4, -0.2) is 17.4 Å². The number of aromatic nitrogens is 1. The van der Waals surface area contributed by atoms with Gasteiger partial charge in [-0.1, -0.05) is 0 Å². The van der Waals surface area contributed by atoms with Gasteiger partial charge in [0.1, 0.15) is 5.69 Å². The largest absolute Gasteiger partial charge is 0.463 e. The highest BCUT2D eigenvalue weighted by molar-refractivity contribution is 7.14. The first kappa shape index (κ1) is 14.7. The van der Waals surface area contributed by atoms with Crippen molar-refractivity contribution < 1.29 is 9.21 Å². The van der Waals surface area contributed by atoms with Crippen LogP contribution in [0.2, 0.25) is 0 Å². The third kappa shape index (κ3) is 3.83. The van der Waals surface area contributed by atoms with Crippen molar-refractivity contribution in [3.05, 3.63) is 23.8 Å². The number of furan rings is 1. The van der Waals surface area contributed by atoms with E-state index in [1.54, 1.807) is 12.3 Å². The van der Waals surface area contributed by atoms with E-state index in [1.165, 1.54) is 11.3 Å². The van der Waals surface area contributed by atoms with E-state index in [4.69, 9.17) is 10.2 Å². The highest BCUT2D eigenvalue weighted by Gasteiger charge is 2.08. The molecule has 0 fully saturated rings. The number of halogens is 1. The van der Waals surface area contributed by atoms with Crippen LogP contribution >= 0.6 is 23.7 Å². The van der Waals surface area contributed by atoms with E-state index in [-0.39, 0.29) is 18.3 Å². The number of carbonyl (C=O) groups is 1. The van der Waals surface area contributed by atoms with Gasteiger partial charge in [0.05, 0.1) is 6.26 Å². The summed E-state index contributed by atoms with van der Waals surface area (Å²) >= 11 is 1.38. The van der Waals surface area contributed by atoms with Crippen LogP contribution < -0.4 is 11.1 Å². The second kappa shape index (κ2) is 7.15. The van der Waals surface area contributed by atoms with Gasteiger partial charge in [0.15, 0.2) is 10.9 Å². The fraction of sp³-hybridized carbons (Fsp3) is 0.273. The van der Waals surface area contributed by atoms with Gasteiger partial charge in [0.2, 0.25) is 5.91 Å². The van der Waals surface area contributed by atoms with E-state index in [1.807, 2.05) is 11.4 Å². The summed E-state index contributed by atoms with van der Waals surface area (Å²) in [5, 5.41) is 5.16. The highest BCUT2D eigenvalue weighted by Crippen LogP contribution is 2.25. The smallest absolute Gasteiger partial charge is 0.226 e. The summed E-state index contributed by atoms with van der Waals surface area (Å²) in [5.74, 6) is 0.638. The van der Waals surface area contributed by atoms with E-state index in [0.29, 0.717) is 30.3 Å². The predicted molar refractivity (Wildman–Crippen MR) is 74.0 cm³/mol. The lowest BCUT2D eigenvalue weighted by atomic mass is 10.3. The molecule has 3 N–H and O–H groups in total. The summed E-state index contributed by atoms with van der Waals surface area (Å²) in [7, 11) is 0. The molecule has 0 saturated heterocycles. The number of nitrogens with two attached hydrogens (primary N) is 1. The lowest BCUT2D eigenvalue weighted by molar-refractivity contribution is -0.116. The molecule has 0 bridgehead atoms. The molecule has 2 rings (SSSR count). The Labute approximate surface area is 115 Å². The normalized spacial score (nSPS) is 9.83. The highest BCUT2D eigenvalue weighted by atomic mass is 35.5. The quantitative estimate of drug-likeness (QED) is 0.885. The molecule has 2 aromatic heterocycles. The molecular weight excluding hydrogens is 274 g/mol. The predicted octanol–water partition coefficient (Wildman–Crippen LogP) is 2.50. The van der Waals surface area contributed by atoms with Crippen molar-refractivity contribution in [2.75, 3.05) is 11.9 Å². The Balaban J connectivity index is 0.00000162. The fourth-order valence-corrected chi connectivity index (χ4v) is 2.03. The first-order valence-electron chi connectivity index (χ1n) is 5.29. The van der Waals surface area contributed by atoms with Crippen molar-refractivity contribution in [3.63, 3.8) is 0 Å². The number of anilines is 1. The Bertz CT molecular complexity index is 484. The number of rotatable bonds is 5. The Kier molecular flexibility index (Phi) is 5.84. The second-order valence-electron chi connectivity index (χ2n) is 3.46. The Morgan fingerprint density at radius 1 is 1.56 bits per heavy atom. The van der Waals surface area contributed by atoms with Crippen LogP contribution in [0.4, 0.5) is 5.13 Å². The minimum absolute atomic E-state index is 0. The zero-order chi connectivity index (χ0) is 12.1. The second-order valence-corrected chi connectivity index (χ2v) is 4.31. The molecule has 0 spiro atoms. The molecular formula is C11H14ClN3O2S. The van der Waals surface area contributed by atoms with Crippen LogP contribution in [0.15, 0.2) is 28.2 Å². The number of hydrogen-bond acceptors (Lipinski definition) is 5. The maximum atomic E-state index is 11.4. The zero-order valence-corrected chi connectivity index (χ0v) is 11.2. The van der Waals surface area contributed by atoms with Crippen molar-refractivity contribution in [3.8, 4) is 11.5 Å². The molecule has 5 nitrogen and oxygen atoms in total. The molecule has 0 aliphatic rings. The molecule has 1 amide bonds. The van der Waals surface area contributed by atoms with Gasteiger partial charge in [-0.3, -0.25) is 4.79 Å². The molecule has 0 radical (unpaired) electrons. The van der Waals surface area contributed by atoms with E-state index in [9.17, 15) is 4.79 Å². The number of thiazole rings is 1.